The molecule has 0 radical (unpaired) electrons. The number of para-hydroxylation sites is 1. The number of nitrogens with zero attached hydrogens (tertiary/aromatic N) is 2. The second kappa shape index (κ2) is 6.90. The molecular formula is C15H22N6. The zero-order chi connectivity index (χ0) is 15.2. The summed E-state index contributed by atoms with van der Waals surface area (Å²) in [6, 6.07) is 11.9. The maximum absolute atomic E-state index is 5.48. The molecule has 6 heteroatoms. The first kappa shape index (κ1) is 15.1. The topological polar surface area (TPSA) is 101 Å². The second-order valence-corrected chi connectivity index (χ2v) is 5.37. The van der Waals surface area contributed by atoms with Crippen LogP contribution in [-0.4, -0.2) is 16.9 Å². The molecule has 1 unspecified atom stereocenters. The monoisotopic (exact) mass is 286 g/mol. The third-order valence-electron chi connectivity index (χ3n) is 3.24. The van der Waals surface area contributed by atoms with E-state index in [9.17, 15) is 0 Å². The van der Waals surface area contributed by atoms with Crippen molar-refractivity contribution >= 4 is 22.6 Å². The van der Waals surface area contributed by atoms with E-state index in [1.165, 1.54) is 0 Å². The minimum absolute atomic E-state index is 0.103. The van der Waals surface area contributed by atoms with Crippen LogP contribution in [0.4, 0.5) is 5.82 Å². The van der Waals surface area contributed by atoms with Gasteiger partial charge in [0.1, 0.15) is 5.82 Å². The van der Waals surface area contributed by atoms with Crippen LogP contribution in [0.3, 0.4) is 0 Å². The fraction of sp³-hybridized carbons (Fsp3) is 0.333. The third-order valence-corrected chi connectivity index (χ3v) is 3.24. The summed E-state index contributed by atoms with van der Waals surface area (Å²) in [5.74, 6) is 12.6. The van der Waals surface area contributed by atoms with Crippen molar-refractivity contribution in [2.45, 2.75) is 26.3 Å². The van der Waals surface area contributed by atoms with Gasteiger partial charge in [0.05, 0.1) is 11.6 Å². The molecule has 0 aliphatic rings. The second-order valence-electron chi connectivity index (χ2n) is 5.37. The number of rotatable bonds is 5. The van der Waals surface area contributed by atoms with Crippen LogP contribution < -0.4 is 22.4 Å². The van der Waals surface area contributed by atoms with E-state index in [1.54, 1.807) is 0 Å². The molecule has 0 fully saturated rings. The van der Waals surface area contributed by atoms with E-state index < -0.39 is 0 Å². The zero-order valence-electron chi connectivity index (χ0n) is 12.4. The smallest absolute Gasteiger partial charge is 0.158 e. The third kappa shape index (κ3) is 3.82. The first-order valence-corrected chi connectivity index (χ1v) is 7.00. The average Bonchev–Trinajstić information content (AvgIpc) is 2.47. The number of hydrogen-bond donors (Lipinski definition) is 4. The van der Waals surface area contributed by atoms with E-state index >= 15 is 0 Å². The van der Waals surface area contributed by atoms with Crippen molar-refractivity contribution in [2.24, 2.45) is 22.7 Å². The van der Waals surface area contributed by atoms with Crippen LogP contribution in [0.5, 0.6) is 0 Å². The van der Waals surface area contributed by atoms with Crippen LogP contribution in [0.1, 0.15) is 20.3 Å². The predicted molar refractivity (Wildman–Crippen MR) is 87.6 cm³/mol. The number of hydrogen-bond acceptors (Lipinski definition) is 5. The van der Waals surface area contributed by atoms with Crippen LogP contribution in [0.25, 0.3) is 10.9 Å². The van der Waals surface area contributed by atoms with E-state index in [1.807, 2.05) is 36.4 Å². The van der Waals surface area contributed by atoms with E-state index in [0.717, 1.165) is 23.1 Å². The molecule has 1 atom stereocenters. The van der Waals surface area contributed by atoms with Crippen molar-refractivity contribution in [1.29, 1.82) is 0 Å². The molecule has 21 heavy (non-hydrogen) atoms. The number of nitrogens with one attached hydrogen (secondary N) is 2. The minimum atomic E-state index is -0.103. The SMILES string of the molecule is CC(C)CC(Nc1ccc2ccccc2n1)/C(=N/N)NN. The molecule has 0 aliphatic heterocycles. The van der Waals surface area contributed by atoms with Crippen LogP contribution in [0.15, 0.2) is 41.5 Å². The molecule has 2 aromatic rings. The van der Waals surface area contributed by atoms with Crippen molar-refractivity contribution in [2.75, 3.05) is 5.32 Å². The van der Waals surface area contributed by atoms with Crippen molar-refractivity contribution in [1.82, 2.24) is 10.4 Å². The van der Waals surface area contributed by atoms with Gasteiger partial charge in [0.2, 0.25) is 0 Å². The number of pyridine rings is 1. The van der Waals surface area contributed by atoms with E-state index in [0.29, 0.717) is 11.8 Å². The van der Waals surface area contributed by atoms with Crippen LogP contribution in [0, 0.1) is 5.92 Å². The summed E-state index contributed by atoms with van der Waals surface area (Å²) in [5, 5.41) is 8.15. The fourth-order valence-corrected chi connectivity index (χ4v) is 2.26. The largest absolute Gasteiger partial charge is 0.360 e. The highest BCUT2D eigenvalue weighted by molar-refractivity contribution is 5.89. The number of amidine groups is 1. The summed E-state index contributed by atoms with van der Waals surface area (Å²) in [5.41, 5.74) is 3.49. The number of anilines is 1. The Hall–Kier alpha value is -2.34. The normalized spacial score (nSPS) is 13.4. The number of hydrazone groups is 1. The van der Waals surface area contributed by atoms with Gasteiger partial charge in [-0.3, -0.25) is 0 Å². The molecule has 0 aliphatic carbocycles. The van der Waals surface area contributed by atoms with Gasteiger partial charge in [-0.25, -0.2) is 10.8 Å². The van der Waals surface area contributed by atoms with Gasteiger partial charge in [-0.15, -0.1) is 0 Å². The first-order chi connectivity index (χ1) is 10.1. The Kier molecular flexibility index (Phi) is 4.94. The summed E-state index contributed by atoms with van der Waals surface area (Å²) in [6.07, 6.45) is 0.842. The standard InChI is InChI=1S/C15H22N6/c1-10(2)9-13(15(20-16)21-17)19-14-8-7-11-5-3-4-6-12(11)18-14/h3-8,10,13H,9,16-17H2,1-2H3,(H,18,19)(H,20,21). The van der Waals surface area contributed by atoms with Crippen molar-refractivity contribution in [3.63, 3.8) is 0 Å². The van der Waals surface area contributed by atoms with Gasteiger partial charge in [-0.2, -0.15) is 5.10 Å². The number of hydrazine groups is 1. The molecule has 112 valence electrons. The molecule has 0 saturated carbocycles. The van der Waals surface area contributed by atoms with Gasteiger partial charge in [-0.1, -0.05) is 32.0 Å². The zero-order valence-corrected chi connectivity index (χ0v) is 12.4. The summed E-state index contributed by atoms with van der Waals surface area (Å²) >= 11 is 0. The minimum Gasteiger partial charge on any atom is -0.360 e. The molecule has 1 aromatic carbocycles. The Bertz CT molecular complexity index is 622. The number of nitrogens with two attached hydrogens (primary N) is 2. The van der Waals surface area contributed by atoms with Crippen molar-refractivity contribution in [3.05, 3.63) is 36.4 Å². The molecule has 0 bridgehead atoms. The number of aromatic nitrogens is 1. The summed E-state index contributed by atoms with van der Waals surface area (Å²) in [4.78, 5) is 4.60. The first-order valence-electron chi connectivity index (χ1n) is 7.00. The van der Waals surface area contributed by atoms with Gasteiger partial charge >= 0.3 is 0 Å². The summed E-state index contributed by atoms with van der Waals surface area (Å²) < 4.78 is 0. The highest BCUT2D eigenvalue weighted by Gasteiger charge is 2.17. The Balaban J connectivity index is 2.25. The van der Waals surface area contributed by atoms with Crippen LogP contribution >= 0.6 is 0 Å². The quantitative estimate of drug-likeness (QED) is 0.290. The molecule has 0 saturated heterocycles. The van der Waals surface area contributed by atoms with Crippen LogP contribution in [0.2, 0.25) is 0 Å². The lowest BCUT2D eigenvalue weighted by molar-refractivity contribution is 0.567. The van der Waals surface area contributed by atoms with Crippen LogP contribution in [-0.2, 0) is 0 Å². The van der Waals surface area contributed by atoms with Gasteiger partial charge in [-0.05, 0) is 30.5 Å². The lowest BCUT2D eigenvalue weighted by atomic mass is 10.0. The highest BCUT2D eigenvalue weighted by Crippen LogP contribution is 2.17. The summed E-state index contributed by atoms with van der Waals surface area (Å²) in [7, 11) is 0. The molecule has 6 nitrogen and oxygen atoms in total. The van der Waals surface area contributed by atoms with Gasteiger partial charge < -0.3 is 16.6 Å². The van der Waals surface area contributed by atoms with Gasteiger partial charge in [0.25, 0.3) is 0 Å². The molecule has 1 heterocycles. The number of benzene rings is 1. The van der Waals surface area contributed by atoms with Gasteiger partial charge in [0.15, 0.2) is 5.84 Å². The van der Waals surface area contributed by atoms with E-state index in [2.05, 4.69) is 34.7 Å². The Labute approximate surface area is 124 Å². The number of fused-ring (bicyclic) bond motifs is 1. The Morgan fingerprint density at radius 3 is 2.67 bits per heavy atom. The predicted octanol–water partition coefficient (Wildman–Crippen LogP) is 1.80. The van der Waals surface area contributed by atoms with E-state index in [-0.39, 0.29) is 6.04 Å². The van der Waals surface area contributed by atoms with Crippen molar-refractivity contribution < 1.29 is 0 Å². The maximum atomic E-state index is 5.48. The maximum Gasteiger partial charge on any atom is 0.158 e. The molecule has 0 spiro atoms. The Morgan fingerprint density at radius 1 is 1.24 bits per heavy atom. The van der Waals surface area contributed by atoms with Crippen molar-refractivity contribution in [3.8, 4) is 0 Å². The molecular weight excluding hydrogens is 264 g/mol. The molecule has 2 rings (SSSR count). The lowest BCUT2D eigenvalue weighted by Crippen LogP contribution is -2.44. The lowest BCUT2D eigenvalue weighted by Gasteiger charge is -2.22. The summed E-state index contributed by atoms with van der Waals surface area (Å²) in [6.45, 7) is 4.26. The molecule has 0 amide bonds. The Morgan fingerprint density at radius 2 is 2.00 bits per heavy atom. The average molecular weight is 286 g/mol. The fourth-order valence-electron chi connectivity index (χ4n) is 2.26. The van der Waals surface area contributed by atoms with E-state index in [4.69, 9.17) is 11.7 Å². The molecule has 1 aromatic heterocycles. The highest BCUT2D eigenvalue weighted by atomic mass is 15.3. The molecule has 6 N–H and O–H groups in total. The van der Waals surface area contributed by atoms with Gasteiger partial charge in [0, 0.05) is 5.39 Å².